The van der Waals surface area contributed by atoms with Crippen molar-refractivity contribution in [1.82, 2.24) is 5.32 Å². The normalized spacial score (nSPS) is 11.0. The lowest BCUT2D eigenvalue weighted by molar-refractivity contribution is -0.114. The second-order valence-corrected chi connectivity index (χ2v) is 7.56. The number of carbonyl (C=O) groups excluding carboxylic acids is 2. The zero-order chi connectivity index (χ0) is 19.3. The van der Waals surface area contributed by atoms with Gasteiger partial charge in [-0.2, -0.15) is 0 Å². The Morgan fingerprint density at radius 1 is 0.923 bits per heavy atom. The number of amides is 2. The van der Waals surface area contributed by atoms with Crippen molar-refractivity contribution < 1.29 is 9.59 Å². The number of anilines is 2. The number of nitrogens with one attached hydrogen (secondary N) is 3. The molecule has 0 aliphatic rings. The standard InChI is InChI=1S/C21H27N3O2/c1-14-9-15(2)11-18(10-14)22-13-19(25)23-17-8-6-7-16(12-17)20(26)24-21(3,4)5/h6-12,22H,13H2,1-5H3,(H,23,25)(H,24,26). The molecule has 0 atom stereocenters. The summed E-state index contributed by atoms with van der Waals surface area (Å²) in [7, 11) is 0. The monoisotopic (exact) mass is 353 g/mol. The highest BCUT2D eigenvalue weighted by Crippen LogP contribution is 2.14. The van der Waals surface area contributed by atoms with E-state index in [0.717, 1.165) is 16.8 Å². The minimum absolute atomic E-state index is 0.154. The third-order valence-corrected chi connectivity index (χ3v) is 3.57. The van der Waals surface area contributed by atoms with Gasteiger partial charge in [0.25, 0.3) is 5.91 Å². The molecule has 0 unspecified atom stereocenters. The summed E-state index contributed by atoms with van der Waals surface area (Å²) in [6, 6.07) is 13.0. The van der Waals surface area contributed by atoms with Crippen LogP contribution in [0.2, 0.25) is 0 Å². The van der Waals surface area contributed by atoms with E-state index in [0.29, 0.717) is 11.3 Å². The van der Waals surface area contributed by atoms with Crippen LogP contribution in [0.4, 0.5) is 11.4 Å². The summed E-state index contributed by atoms with van der Waals surface area (Å²) in [5.41, 5.74) is 4.00. The third-order valence-electron chi connectivity index (χ3n) is 3.57. The first-order valence-corrected chi connectivity index (χ1v) is 8.67. The molecule has 0 saturated heterocycles. The second-order valence-electron chi connectivity index (χ2n) is 7.56. The number of benzene rings is 2. The molecular formula is C21H27N3O2. The fourth-order valence-corrected chi connectivity index (χ4v) is 2.62. The van der Waals surface area contributed by atoms with Crippen molar-refractivity contribution in [2.45, 2.75) is 40.2 Å². The topological polar surface area (TPSA) is 70.2 Å². The summed E-state index contributed by atoms with van der Waals surface area (Å²) < 4.78 is 0. The number of carbonyl (C=O) groups is 2. The summed E-state index contributed by atoms with van der Waals surface area (Å²) in [6.07, 6.45) is 0. The molecule has 5 heteroatoms. The molecule has 0 spiro atoms. The molecule has 2 amide bonds. The van der Waals surface area contributed by atoms with E-state index < -0.39 is 0 Å². The molecule has 0 radical (unpaired) electrons. The number of hydrogen-bond donors (Lipinski definition) is 3. The third kappa shape index (κ3) is 6.24. The molecule has 0 saturated carbocycles. The van der Waals surface area contributed by atoms with Crippen LogP contribution >= 0.6 is 0 Å². The fraction of sp³-hybridized carbons (Fsp3) is 0.333. The van der Waals surface area contributed by atoms with Gasteiger partial charge in [0.05, 0.1) is 6.54 Å². The molecule has 2 aromatic rings. The van der Waals surface area contributed by atoms with Crippen LogP contribution in [0.25, 0.3) is 0 Å². The van der Waals surface area contributed by atoms with Gasteiger partial charge in [-0.15, -0.1) is 0 Å². The molecule has 26 heavy (non-hydrogen) atoms. The van der Waals surface area contributed by atoms with Crippen molar-refractivity contribution >= 4 is 23.2 Å². The van der Waals surface area contributed by atoms with Gasteiger partial charge in [0.1, 0.15) is 0 Å². The Morgan fingerprint density at radius 2 is 1.58 bits per heavy atom. The first-order valence-electron chi connectivity index (χ1n) is 8.67. The smallest absolute Gasteiger partial charge is 0.251 e. The summed E-state index contributed by atoms with van der Waals surface area (Å²) in [5.74, 6) is -0.334. The average Bonchev–Trinajstić information content (AvgIpc) is 2.51. The van der Waals surface area contributed by atoms with Crippen LogP contribution in [0.3, 0.4) is 0 Å². The Labute approximate surface area is 155 Å². The van der Waals surface area contributed by atoms with E-state index in [-0.39, 0.29) is 23.9 Å². The highest BCUT2D eigenvalue weighted by atomic mass is 16.2. The van der Waals surface area contributed by atoms with Crippen LogP contribution in [0, 0.1) is 13.8 Å². The van der Waals surface area contributed by atoms with Crippen LogP contribution < -0.4 is 16.0 Å². The maximum atomic E-state index is 12.2. The molecule has 0 heterocycles. The average molecular weight is 353 g/mol. The largest absolute Gasteiger partial charge is 0.376 e. The molecule has 0 aliphatic carbocycles. The van der Waals surface area contributed by atoms with E-state index in [9.17, 15) is 9.59 Å². The van der Waals surface area contributed by atoms with Gasteiger partial charge >= 0.3 is 0 Å². The van der Waals surface area contributed by atoms with E-state index in [2.05, 4.69) is 22.0 Å². The molecular weight excluding hydrogens is 326 g/mol. The summed E-state index contributed by atoms with van der Waals surface area (Å²) in [5, 5.41) is 8.85. The zero-order valence-electron chi connectivity index (χ0n) is 16.1. The Balaban J connectivity index is 1.96. The first-order chi connectivity index (χ1) is 12.1. The number of rotatable bonds is 5. The van der Waals surface area contributed by atoms with Crippen molar-refractivity contribution in [3.8, 4) is 0 Å². The van der Waals surface area contributed by atoms with Gasteiger partial charge in [-0.05, 0) is 76.1 Å². The lowest BCUT2D eigenvalue weighted by atomic mass is 10.1. The Hall–Kier alpha value is -2.82. The summed E-state index contributed by atoms with van der Waals surface area (Å²) in [6.45, 7) is 9.97. The number of aryl methyl sites for hydroxylation is 2. The lowest BCUT2D eigenvalue weighted by Gasteiger charge is -2.20. The van der Waals surface area contributed by atoms with E-state index in [4.69, 9.17) is 0 Å². The summed E-state index contributed by atoms with van der Waals surface area (Å²) >= 11 is 0. The minimum atomic E-state index is -0.313. The Morgan fingerprint density at radius 3 is 2.19 bits per heavy atom. The van der Waals surface area contributed by atoms with Crippen molar-refractivity contribution in [2.24, 2.45) is 0 Å². The van der Waals surface area contributed by atoms with Crippen LogP contribution in [-0.4, -0.2) is 23.9 Å². The van der Waals surface area contributed by atoms with Gasteiger partial charge in [-0.1, -0.05) is 12.1 Å². The van der Waals surface area contributed by atoms with Crippen molar-refractivity contribution in [3.63, 3.8) is 0 Å². The highest BCUT2D eigenvalue weighted by Gasteiger charge is 2.15. The van der Waals surface area contributed by atoms with Gasteiger partial charge in [0.15, 0.2) is 0 Å². The summed E-state index contributed by atoms with van der Waals surface area (Å²) in [4.78, 5) is 24.4. The Bertz CT molecular complexity index is 787. The molecule has 0 fully saturated rings. The maximum Gasteiger partial charge on any atom is 0.251 e. The maximum absolute atomic E-state index is 12.2. The molecule has 5 nitrogen and oxygen atoms in total. The minimum Gasteiger partial charge on any atom is -0.376 e. The van der Waals surface area contributed by atoms with E-state index >= 15 is 0 Å². The molecule has 0 aromatic heterocycles. The van der Waals surface area contributed by atoms with E-state index in [1.165, 1.54) is 0 Å². The van der Waals surface area contributed by atoms with Gasteiger partial charge in [0, 0.05) is 22.5 Å². The van der Waals surface area contributed by atoms with Gasteiger partial charge in [0.2, 0.25) is 5.91 Å². The first kappa shape index (κ1) is 19.5. The molecule has 0 bridgehead atoms. The van der Waals surface area contributed by atoms with E-state index in [1.54, 1.807) is 24.3 Å². The van der Waals surface area contributed by atoms with Crippen molar-refractivity contribution in [1.29, 1.82) is 0 Å². The van der Waals surface area contributed by atoms with Crippen molar-refractivity contribution in [2.75, 3.05) is 17.2 Å². The van der Waals surface area contributed by atoms with Crippen LogP contribution in [0.15, 0.2) is 42.5 Å². The van der Waals surface area contributed by atoms with Gasteiger partial charge < -0.3 is 16.0 Å². The number of hydrogen-bond acceptors (Lipinski definition) is 3. The van der Waals surface area contributed by atoms with Gasteiger partial charge in [-0.25, -0.2) is 0 Å². The van der Waals surface area contributed by atoms with Gasteiger partial charge in [-0.3, -0.25) is 9.59 Å². The van der Waals surface area contributed by atoms with E-state index in [1.807, 2.05) is 46.8 Å². The molecule has 2 aromatic carbocycles. The zero-order valence-corrected chi connectivity index (χ0v) is 16.1. The van der Waals surface area contributed by atoms with Crippen molar-refractivity contribution in [3.05, 3.63) is 59.2 Å². The quantitative estimate of drug-likeness (QED) is 0.764. The predicted molar refractivity (Wildman–Crippen MR) is 107 cm³/mol. The van der Waals surface area contributed by atoms with Crippen LogP contribution in [-0.2, 0) is 4.79 Å². The fourth-order valence-electron chi connectivity index (χ4n) is 2.62. The Kier molecular flexibility index (Phi) is 6.03. The lowest BCUT2D eigenvalue weighted by Crippen LogP contribution is -2.40. The molecule has 3 N–H and O–H groups in total. The molecule has 2 rings (SSSR count). The predicted octanol–water partition coefficient (Wildman–Crippen LogP) is 3.88. The van der Waals surface area contributed by atoms with Crippen LogP contribution in [0.1, 0.15) is 42.3 Å². The molecule has 138 valence electrons. The second kappa shape index (κ2) is 8.04. The van der Waals surface area contributed by atoms with Crippen LogP contribution in [0.5, 0.6) is 0 Å². The molecule has 0 aliphatic heterocycles. The highest BCUT2D eigenvalue weighted by molar-refractivity contribution is 5.98. The SMILES string of the molecule is Cc1cc(C)cc(NCC(=O)Nc2cccc(C(=O)NC(C)(C)C)c2)c1.